The number of carbonyl (C=O) groups is 2. The summed E-state index contributed by atoms with van der Waals surface area (Å²) in [6.45, 7) is 23.0. The van der Waals surface area contributed by atoms with Crippen LogP contribution in [-0.2, 0) is 50.4 Å². The van der Waals surface area contributed by atoms with E-state index in [0.717, 1.165) is 11.1 Å². The van der Waals surface area contributed by atoms with E-state index in [2.05, 4.69) is 187 Å². The van der Waals surface area contributed by atoms with Gasteiger partial charge in [0.1, 0.15) is 0 Å². The number of hydrogen-bond acceptors (Lipinski definition) is 4. The van der Waals surface area contributed by atoms with Crippen molar-refractivity contribution >= 4 is 59.2 Å². The average molecular weight is 1020 g/mol. The molecule has 320 valence electrons. The fourth-order valence-electron chi connectivity index (χ4n) is 6.08. The van der Waals surface area contributed by atoms with E-state index in [4.69, 9.17) is 10.2 Å². The van der Waals surface area contributed by atoms with Gasteiger partial charge in [0, 0.05) is 53.0 Å². The molecular formula is C52H56O4P2Pd2-2. The van der Waals surface area contributed by atoms with Gasteiger partial charge < -0.3 is 10.2 Å². The van der Waals surface area contributed by atoms with Crippen LogP contribution in [0.3, 0.4) is 0 Å². The van der Waals surface area contributed by atoms with Gasteiger partial charge in [-0.2, -0.15) is 37.1 Å². The number of carbonyl (C=O) groups excluding carboxylic acids is 2. The van der Waals surface area contributed by atoms with Crippen LogP contribution in [0.4, 0.5) is 0 Å². The summed E-state index contributed by atoms with van der Waals surface area (Å²) in [6.07, 6.45) is 2.33. The quantitative estimate of drug-likeness (QED) is 0.0524. The third-order valence-corrected chi connectivity index (χ3v) is 14.5. The molecule has 2 N–H and O–H groups in total. The molecule has 0 atom stereocenters. The fourth-order valence-corrected chi connectivity index (χ4v) is 11.5. The second-order valence-corrected chi connectivity index (χ2v) is 18.1. The Morgan fingerprint density at radius 3 is 0.767 bits per heavy atom. The van der Waals surface area contributed by atoms with Gasteiger partial charge in [0.15, 0.2) is 11.6 Å². The molecule has 0 saturated carbocycles. The maximum Gasteiger partial charge on any atom is 0.155 e. The molecule has 4 nitrogen and oxygen atoms in total. The Balaban J connectivity index is 0.000000447. The van der Waals surface area contributed by atoms with Gasteiger partial charge in [-0.3, -0.25) is 9.59 Å². The molecule has 0 heterocycles. The Morgan fingerprint density at radius 2 is 0.600 bits per heavy atom. The van der Waals surface area contributed by atoms with Crippen LogP contribution >= 0.6 is 15.8 Å². The van der Waals surface area contributed by atoms with Crippen molar-refractivity contribution in [3.8, 4) is 0 Å². The summed E-state index contributed by atoms with van der Waals surface area (Å²) in [4.78, 5) is 20.0. The minimum atomic E-state index is -0.571. The van der Waals surface area contributed by atoms with Crippen molar-refractivity contribution in [1.82, 2.24) is 0 Å². The Morgan fingerprint density at radius 1 is 0.400 bits per heavy atom. The van der Waals surface area contributed by atoms with E-state index in [1.165, 1.54) is 93.9 Å². The predicted octanol–water partition coefficient (Wildman–Crippen LogP) is 10.6. The standard InChI is InChI=1S/2C21H20P.2C5H8O2.2Pd/c2*1-16-10-4-7-13-19(16)22(20-14-8-5-11-17(20)2)21-15-9-6-12-18(21)3;2*1-4(6)3-5(2)7;;/h2*4-15H,1H2,2-3H3;2*3,6H,1-2H3;;/q2*-1;;;;/b;;2*4-3-;;. The Hall–Kier alpha value is -4.34. The van der Waals surface area contributed by atoms with Crippen molar-refractivity contribution in [2.75, 3.05) is 0 Å². The molecule has 6 aromatic carbocycles. The van der Waals surface area contributed by atoms with Crippen LogP contribution < -0.4 is 31.8 Å². The van der Waals surface area contributed by atoms with Gasteiger partial charge in [-0.1, -0.05) is 125 Å². The molecule has 0 bridgehead atoms. The predicted molar refractivity (Wildman–Crippen MR) is 252 cm³/mol. The van der Waals surface area contributed by atoms with Gasteiger partial charge in [-0.15, -0.1) is 34.9 Å². The van der Waals surface area contributed by atoms with E-state index < -0.39 is 15.8 Å². The SMILES string of the molecule is CC(=O)/C=C(/C)O.CC(=O)/C=C(/C)O.[CH2-]c1ccccc1P(c1ccccc1C)c1ccccc1C.[CH2-]c1ccccc1P(c1ccccc1C)c1ccccc1C.[Pd].[Pd]. The Kier molecular flexibility index (Phi) is 24.6. The van der Waals surface area contributed by atoms with Crippen LogP contribution in [0.5, 0.6) is 0 Å². The summed E-state index contributed by atoms with van der Waals surface area (Å²) in [5.74, 6) is -0.125. The number of ketones is 2. The maximum absolute atomic E-state index is 10.0. The summed E-state index contributed by atoms with van der Waals surface area (Å²) >= 11 is 0. The molecule has 0 aromatic heterocycles. The van der Waals surface area contributed by atoms with Crippen LogP contribution in [0.25, 0.3) is 0 Å². The van der Waals surface area contributed by atoms with Crippen molar-refractivity contribution in [3.63, 3.8) is 0 Å². The van der Waals surface area contributed by atoms with Crippen LogP contribution in [0.2, 0.25) is 0 Å². The number of benzene rings is 6. The third-order valence-electron chi connectivity index (χ3n) is 8.71. The normalized spacial score (nSPS) is 10.6. The number of hydrogen-bond donors (Lipinski definition) is 2. The summed E-state index contributed by atoms with van der Waals surface area (Å²) in [6, 6.07) is 51.9. The first-order valence-electron chi connectivity index (χ1n) is 19.0. The topological polar surface area (TPSA) is 74.6 Å². The molecule has 6 aromatic rings. The second-order valence-electron chi connectivity index (χ2n) is 13.9. The zero-order valence-corrected chi connectivity index (χ0v) is 40.6. The van der Waals surface area contributed by atoms with Crippen molar-refractivity contribution in [3.05, 3.63) is 216 Å². The summed E-state index contributed by atoms with van der Waals surface area (Å²) in [7, 11) is -1.14. The molecule has 8 heteroatoms. The molecule has 0 radical (unpaired) electrons. The minimum absolute atomic E-state index is 0. The molecule has 0 aliphatic rings. The Bertz CT molecular complexity index is 1960. The van der Waals surface area contributed by atoms with E-state index in [1.54, 1.807) is 0 Å². The zero-order valence-electron chi connectivity index (χ0n) is 35.7. The number of aliphatic hydroxyl groups is 2. The van der Waals surface area contributed by atoms with Crippen LogP contribution in [0.1, 0.15) is 61.1 Å². The molecule has 0 amide bonds. The molecule has 0 saturated heterocycles. The summed E-state index contributed by atoms with van der Waals surface area (Å²) in [5, 5.41) is 25.1. The first-order chi connectivity index (χ1) is 27.6. The third kappa shape index (κ3) is 17.0. The number of aliphatic hydroxyl groups excluding tert-OH is 2. The van der Waals surface area contributed by atoms with Gasteiger partial charge in [0.05, 0.1) is 11.5 Å². The minimum Gasteiger partial charge on any atom is -0.512 e. The molecule has 0 fully saturated rings. The van der Waals surface area contributed by atoms with Gasteiger partial charge in [-0.05, 0) is 98.9 Å². The number of allylic oxidation sites excluding steroid dienone is 4. The van der Waals surface area contributed by atoms with Gasteiger partial charge >= 0.3 is 0 Å². The smallest absolute Gasteiger partial charge is 0.155 e. The molecule has 0 unspecified atom stereocenters. The van der Waals surface area contributed by atoms with Gasteiger partial charge in [-0.25, -0.2) is 0 Å². The van der Waals surface area contributed by atoms with Crippen molar-refractivity contribution in [2.45, 2.75) is 55.4 Å². The molecular weight excluding hydrogens is 963 g/mol. The van der Waals surface area contributed by atoms with E-state index in [0.29, 0.717) is 0 Å². The number of rotatable bonds is 8. The Labute approximate surface area is 389 Å². The number of aryl methyl sites for hydroxylation is 4. The van der Waals surface area contributed by atoms with Crippen LogP contribution in [0, 0.1) is 41.5 Å². The van der Waals surface area contributed by atoms with Crippen molar-refractivity contribution in [1.29, 1.82) is 0 Å². The first-order valence-corrected chi connectivity index (χ1v) is 21.7. The van der Waals surface area contributed by atoms with Crippen molar-refractivity contribution in [2.24, 2.45) is 0 Å². The fraction of sp³-hybridized carbons (Fsp3) is 0.154. The molecule has 60 heavy (non-hydrogen) atoms. The maximum atomic E-state index is 10.0. The van der Waals surface area contributed by atoms with E-state index in [9.17, 15) is 9.59 Å². The van der Waals surface area contributed by atoms with Crippen LogP contribution in [0.15, 0.2) is 169 Å². The average Bonchev–Trinajstić information content (AvgIpc) is 3.16. The van der Waals surface area contributed by atoms with Gasteiger partial charge in [0.2, 0.25) is 0 Å². The van der Waals surface area contributed by atoms with Crippen molar-refractivity contribution < 1.29 is 60.6 Å². The summed E-state index contributed by atoms with van der Waals surface area (Å²) < 4.78 is 0. The largest absolute Gasteiger partial charge is 0.512 e. The van der Waals surface area contributed by atoms with Gasteiger partial charge in [0.25, 0.3) is 0 Å². The monoisotopic (exact) mass is 1020 g/mol. The molecule has 0 aliphatic carbocycles. The first kappa shape index (κ1) is 53.7. The van der Waals surface area contributed by atoms with E-state index in [-0.39, 0.29) is 63.9 Å². The van der Waals surface area contributed by atoms with Crippen LogP contribution in [-0.4, -0.2) is 21.8 Å². The summed E-state index contributed by atoms with van der Waals surface area (Å²) in [5.41, 5.74) is 7.64. The molecule has 0 aliphatic heterocycles. The molecule has 6 rings (SSSR count). The van der Waals surface area contributed by atoms with E-state index >= 15 is 0 Å². The second kappa shape index (κ2) is 27.5. The zero-order chi connectivity index (χ0) is 42.8. The molecule has 0 spiro atoms. The van der Waals surface area contributed by atoms with E-state index in [1.807, 2.05) is 0 Å².